The molecule has 2 aromatic rings. The average Bonchev–Trinajstić information content (AvgIpc) is 3.10. The average molecular weight is 292 g/mol. The molecule has 0 bridgehead atoms. The quantitative estimate of drug-likeness (QED) is 0.916. The van der Waals surface area contributed by atoms with Gasteiger partial charge < -0.3 is 9.84 Å². The van der Waals surface area contributed by atoms with Gasteiger partial charge in [-0.05, 0) is 50.3 Å². The summed E-state index contributed by atoms with van der Waals surface area (Å²) in [7, 11) is 2.13. The second-order valence-corrected chi connectivity index (χ2v) is 6.20. The van der Waals surface area contributed by atoms with Crippen molar-refractivity contribution in [3.8, 4) is 11.5 Å². The number of rotatable bonds is 5. The SMILES string of the molecule is CN(Cc1noc(-c2ccsc2)n1)CC1CCNCC1. The van der Waals surface area contributed by atoms with E-state index in [1.807, 2.05) is 16.8 Å². The van der Waals surface area contributed by atoms with Gasteiger partial charge in [-0.1, -0.05) is 5.16 Å². The van der Waals surface area contributed by atoms with Gasteiger partial charge in [-0.25, -0.2) is 0 Å². The maximum absolute atomic E-state index is 5.31. The summed E-state index contributed by atoms with van der Waals surface area (Å²) in [4.78, 5) is 6.75. The van der Waals surface area contributed by atoms with Crippen molar-refractivity contribution in [3.63, 3.8) is 0 Å². The molecular formula is C14H20N4OS. The van der Waals surface area contributed by atoms with Gasteiger partial charge >= 0.3 is 0 Å². The fourth-order valence-corrected chi connectivity index (χ4v) is 3.26. The summed E-state index contributed by atoms with van der Waals surface area (Å²) in [6.45, 7) is 4.13. The van der Waals surface area contributed by atoms with Crippen molar-refractivity contribution >= 4 is 11.3 Å². The molecule has 0 aromatic carbocycles. The van der Waals surface area contributed by atoms with Gasteiger partial charge in [-0.3, -0.25) is 4.90 Å². The Bertz CT molecular complexity index is 519. The van der Waals surface area contributed by atoms with Crippen molar-refractivity contribution in [2.75, 3.05) is 26.7 Å². The minimum Gasteiger partial charge on any atom is -0.334 e. The maximum atomic E-state index is 5.31. The smallest absolute Gasteiger partial charge is 0.258 e. The summed E-state index contributed by atoms with van der Waals surface area (Å²) < 4.78 is 5.31. The Morgan fingerprint density at radius 3 is 3.05 bits per heavy atom. The zero-order valence-corrected chi connectivity index (χ0v) is 12.5. The highest BCUT2D eigenvalue weighted by atomic mass is 32.1. The Morgan fingerprint density at radius 2 is 2.30 bits per heavy atom. The molecule has 0 amide bonds. The van der Waals surface area contributed by atoms with Gasteiger partial charge in [0, 0.05) is 11.9 Å². The molecule has 0 atom stereocenters. The van der Waals surface area contributed by atoms with E-state index in [0.717, 1.165) is 43.5 Å². The van der Waals surface area contributed by atoms with Gasteiger partial charge in [0.25, 0.3) is 5.89 Å². The molecule has 0 radical (unpaired) electrons. The first kappa shape index (κ1) is 13.7. The summed E-state index contributed by atoms with van der Waals surface area (Å²) in [6.07, 6.45) is 2.52. The topological polar surface area (TPSA) is 54.2 Å². The molecule has 5 nitrogen and oxygen atoms in total. The van der Waals surface area contributed by atoms with Crippen LogP contribution in [0, 0.1) is 5.92 Å². The monoisotopic (exact) mass is 292 g/mol. The van der Waals surface area contributed by atoms with Crippen LogP contribution in [0.3, 0.4) is 0 Å². The summed E-state index contributed by atoms with van der Waals surface area (Å²) >= 11 is 1.64. The zero-order valence-electron chi connectivity index (χ0n) is 11.7. The minimum absolute atomic E-state index is 0.622. The lowest BCUT2D eigenvalue weighted by Gasteiger charge is -2.26. The van der Waals surface area contributed by atoms with Crippen LogP contribution in [0.5, 0.6) is 0 Å². The molecule has 1 fully saturated rings. The highest BCUT2D eigenvalue weighted by Gasteiger charge is 2.17. The van der Waals surface area contributed by atoms with Gasteiger partial charge in [0.05, 0.1) is 12.1 Å². The lowest BCUT2D eigenvalue weighted by molar-refractivity contribution is 0.228. The molecule has 0 saturated carbocycles. The van der Waals surface area contributed by atoms with Crippen molar-refractivity contribution in [2.24, 2.45) is 5.92 Å². The lowest BCUT2D eigenvalue weighted by Crippen LogP contribution is -2.34. The third-order valence-corrected chi connectivity index (χ3v) is 4.36. The van der Waals surface area contributed by atoms with Gasteiger partial charge in [-0.2, -0.15) is 16.3 Å². The Morgan fingerprint density at radius 1 is 1.45 bits per heavy atom. The van der Waals surface area contributed by atoms with Crippen molar-refractivity contribution in [1.29, 1.82) is 0 Å². The predicted octanol–water partition coefficient (Wildman–Crippen LogP) is 2.23. The van der Waals surface area contributed by atoms with Crippen molar-refractivity contribution < 1.29 is 4.52 Å². The van der Waals surface area contributed by atoms with Crippen molar-refractivity contribution in [1.82, 2.24) is 20.4 Å². The van der Waals surface area contributed by atoms with Gasteiger partial charge in [0.1, 0.15) is 0 Å². The standard InChI is InChI=1S/C14H20N4OS/c1-18(8-11-2-5-15-6-3-11)9-13-16-14(19-17-13)12-4-7-20-10-12/h4,7,10-11,15H,2-3,5-6,8-9H2,1H3. The largest absolute Gasteiger partial charge is 0.334 e. The van der Waals surface area contributed by atoms with Crippen LogP contribution >= 0.6 is 11.3 Å². The van der Waals surface area contributed by atoms with Gasteiger partial charge in [0.15, 0.2) is 5.82 Å². The van der Waals surface area contributed by atoms with Crippen LogP contribution in [-0.2, 0) is 6.54 Å². The third-order valence-electron chi connectivity index (χ3n) is 3.68. The number of nitrogens with zero attached hydrogens (tertiary/aromatic N) is 3. The van der Waals surface area contributed by atoms with Crippen LogP contribution in [0.15, 0.2) is 21.3 Å². The molecule has 3 heterocycles. The van der Waals surface area contributed by atoms with E-state index in [-0.39, 0.29) is 0 Å². The summed E-state index contributed by atoms with van der Waals surface area (Å²) in [5, 5.41) is 11.5. The maximum Gasteiger partial charge on any atom is 0.258 e. The third kappa shape index (κ3) is 3.45. The number of piperidine rings is 1. The minimum atomic E-state index is 0.622. The fourth-order valence-electron chi connectivity index (χ4n) is 2.63. The Balaban J connectivity index is 1.54. The molecule has 1 aliphatic rings. The fraction of sp³-hybridized carbons (Fsp3) is 0.571. The van der Waals surface area contributed by atoms with Gasteiger partial charge in [-0.15, -0.1) is 0 Å². The molecule has 2 aromatic heterocycles. The zero-order chi connectivity index (χ0) is 13.8. The molecular weight excluding hydrogens is 272 g/mol. The van der Waals surface area contributed by atoms with E-state index in [1.54, 1.807) is 11.3 Å². The van der Waals surface area contributed by atoms with Crippen LogP contribution in [0.4, 0.5) is 0 Å². The number of aromatic nitrogens is 2. The molecule has 0 unspecified atom stereocenters. The second kappa shape index (κ2) is 6.47. The molecule has 1 aliphatic heterocycles. The first-order valence-electron chi connectivity index (χ1n) is 7.05. The highest BCUT2D eigenvalue weighted by Crippen LogP contribution is 2.20. The molecule has 1 N–H and O–H groups in total. The molecule has 1 saturated heterocycles. The molecule has 0 aliphatic carbocycles. The first-order valence-corrected chi connectivity index (χ1v) is 8.00. The van der Waals surface area contributed by atoms with Crippen molar-refractivity contribution in [3.05, 3.63) is 22.7 Å². The number of hydrogen-bond acceptors (Lipinski definition) is 6. The van der Waals surface area contributed by atoms with Crippen LogP contribution in [0.1, 0.15) is 18.7 Å². The van der Waals surface area contributed by atoms with Gasteiger partial charge in [0.2, 0.25) is 0 Å². The summed E-state index contributed by atoms with van der Waals surface area (Å²) in [5.74, 6) is 2.17. The number of thiophene rings is 1. The Labute approximate surface area is 123 Å². The van der Waals surface area contributed by atoms with Crippen LogP contribution in [0.2, 0.25) is 0 Å². The van der Waals surface area contributed by atoms with E-state index in [1.165, 1.54) is 12.8 Å². The molecule has 108 valence electrons. The lowest BCUT2D eigenvalue weighted by atomic mass is 9.98. The summed E-state index contributed by atoms with van der Waals surface area (Å²) in [5.41, 5.74) is 1.01. The van der Waals surface area contributed by atoms with Crippen LogP contribution in [-0.4, -0.2) is 41.7 Å². The number of hydrogen-bond donors (Lipinski definition) is 1. The molecule has 6 heteroatoms. The van der Waals surface area contributed by atoms with E-state index in [9.17, 15) is 0 Å². The Hall–Kier alpha value is -1.24. The van der Waals surface area contributed by atoms with E-state index in [2.05, 4.69) is 27.4 Å². The number of nitrogens with one attached hydrogen (secondary N) is 1. The van der Waals surface area contributed by atoms with E-state index >= 15 is 0 Å². The van der Waals surface area contributed by atoms with E-state index in [0.29, 0.717) is 5.89 Å². The first-order chi connectivity index (χ1) is 9.81. The summed E-state index contributed by atoms with van der Waals surface area (Å²) in [6, 6.07) is 2.00. The normalized spacial score (nSPS) is 16.9. The molecule has 3 rings (SSSR count). The molecule has 20 heavy (non-hydrogen) atoms. The van der Waals surface area contributed by atoms with E-state index in [4.69, 9.17) is 4.52 Å². The Kier molecular flexibility index (Phi) is 4.44. The molecule has 0 spiro atoms. The van der Waals surface area contributed by atoms with Crippen molar-refractivity contribution in [2.45, 2.75) is 19.4 Å². The van der Waals surface area contributed by atoms with Crippen LogP contribution in [0.25, 0.3) is 11.5 Å². The van der Waals surface area contributed by atoms with E-state index < -0.39 is 0 Å². The second-order valence-electron chi connectivity index (χ2n) is 5.42. The highest BCUT2D eigenvalue weighted by molar-refractivity contribution is 7.08. The predicted molar refractivity (Wildman–Crippen MR) is 79.5 cm³/mol. The van der Waals surface area contributed by atoms with Crippen LogP contribution < -0.4 is 5.32 Å².